The lowest BCUT2D eigenvalue weighted by Gasteiger charge is -2.02. The standard InChI is InChI=1S/C16H10BrClN2O2/c17-13-4-2-1-3-12(13)16(21)19-15-9-14(20-22-15)10-5-7-11(18)8-6-10/h1-9H,(H,19,21). The van der Waals surface area contributed by atoms with E-state index in [-0.39, 0.29) is 11.8 Å². The predicted octanol–water partition coefficient (Wildman–Crippen LogP) is 5.01. The minimum absolute atomic E-state index is 0.272. The molecule has 0 saturated heterocycles. The number of carbonyl (C=O) groups is 1. The number of hydrogen-bond donors (Lipinski definition) is 1. The Balaban J connectivity index is 1.78. The number of nitrogens with zero attached hydrogens (tertiary/aromatic N) is 1. The second kappa shape index (κ2) is 6.34. The van der Waals surface area contributed by atoms with Crippen LogP contribution < -0.4 is 5.32 Å². The van der Waals surface area contributed by atoms with Crippen molar-refractivity contribution in [2.24, 2.45) is 0 Å². The van der Waals surface area contributed by atoms with Crippen molar-refractivity contribution >= 4 is 39.3 Å². The van der Waals surface area contributed by atoms with Crippen molar-refractivity contribution in [3.8, 4) is 11.3 Å². The summed E-state index contributed by atoms with van der Waals surface area (Å²) in [4.78, 5) is 12.2. The van der Waals surface area contributed by atoms with E-state index in [4.69, 9.17) is 16.1 Å². The van der Waals surface area contributed by atoms with E-state index in [1.807, 2.05) is 18.2 Å². The van der Waals surface area contributed by atoms with Crippen LogP contribution in [-0.4, -0.2) is 11.1 Å². The highest BCUT2D eigenvalue weighted by Crippen LogP contribution is 2.24. The van der Waals surface area contributed by atoms with Crippen molar-refractivity contribution < 1.29 is 9.32 Å². The largest absolute Gasteiger partial charge is 0.338 e. The summed E-state index contributed by atoms with van der Waals surface area (Å²) < 4.78 is 5.86. The lowest BCUT2D eigenvalue weighted by molar-refractivity contribution is 0.102. The van der Waals surface area contributed by atoms with Crippen LogP contribution in [0.1, 0.15) is 10.4 Å². The Labute approximate surface area is 140 Å². The molecule has 3 aromatic rings. The highest BCUT2D eigenvalue weighted by atomic mass is 79.9. The fourth-order valence-corrected chi connectivity index (χ4v) is 2.51. The first-order chi connectivity index (χ1) is 10.6. The van der Waals surface area contributed by atoms with Crippen LogP contribution in [0.25, 0.3) is 11.3 Å². The Kier molecular flexibility index (Phi) is 4.27. The zero-order valence-electron chi connectivity index (χ0n) is 11.2. The van der Waals surface area contributed by atoms with Gasteiger partial charge in [-0.1, -0.05) is 41.0 Å². The molecule has 2 aromatic carbocycles. The van der Waals surface area contributed by atoms with Crippen molar-refractivity contribution in [2.45, 2.75) is 0 Å². The Morgan fingerprint density at radius 3 is 2.59 bits per heavy atom. The summed E-state index contributed by atoms with van der Waals surface area (Å²) in [5.74, 6) is 0.0111. The van der Waals surface area contributed by atoms with Crippen LogP contribution in [0.15, 0.2) is 63.6 Å². The first kappa shape index (κ1) is 14.8. The molecule has 0 fully saturated rings. The molecule has 0 saturated carbocycles. The third-order valence-corrected chi connectivity index (χ3v) is 3.95. The second-order valence-corrected chi connectivity index (χ2v) is 5.81. The van der Waals surface area contributed by atoms with E-state index in [9.17, 15) is 4.79 Å². The number of halogens is 2. The maximum atomic E-state index is 12.2. The van der Waals surface area contributed by atoms with E-state index >= 15 is 0 Å². The van der Waals surface area contributed by atoms with Gasteiger partial charge in [0.05, 0.1) is 5.56 Å². The van der Waals surface area contributed by atoms with Gasteiger partial charge in [0.1, 0.15) is 5.69 Å². The van der Waals surface area contributed by atoms with E-state index in [1.165, 1.54) is 0 Å². The average molecular weight is 378 g/mol. The molecule has 0 bridgehead atoms. The summed E-state index contributed by atoms with van der Waals surface area (Å²) in [6, 6.07) is 16.0. The van der Waals surface area contributed by atoms with Gasteiger partial charge in [0.2, 0.25) is 5.88 Å². The number of anilines is 1. The molecular weight excluding hydrogens is 368 g/mol. The van der Waals surface area contributed by atoms with E-state index in [2.05, 4.69) is 26.4 Å². The van der Waals surface area contributed by atoms with E-state index < -0.39 is 0 Å². The van der Waals surface area contributed by atoms with Crippen molar-refractivity contribution in [1.29, 1.82) is 0 Å². The number of benzene rings is 2. The Hall–Kier alpha value is -2.11. The second-order valence-electron chi connectivity index (χ2n) is 4.52. The molecule has 3 rings (SSSR count). The number of rotatable bonds is 3. The molecule has 0 aliphatic rings. The summed E-state index contributed by atoms with van der Waals surface area (Å²) in [5.41, 5.74) is 2.00. The highest BCUT2D eigenvalue weighted by molar-refractivity contribution is 9.10. The normalized spacial score (nSPS) is 10.5. The lowest BCUT2D eigenvalue weighted by Crippen LogP contribution is -2.11. The van der Waals surface area contributed by atoms with Gasteiger partial charge in [-0.15, -0.1) is 0 Å². The Morgan fingerprint density at radius 2 is 1.86 bits per heavy atom. The van der Waals surface area contributed by atoms with Gasteiger partial charge < -0.3 is 4.52 Å². The van der Waals surface area contributed by atoms with Crippen LogP contribution in [0, 0.1) is 0 Å². The zero-order valence-corrected chi connectivity index (χ0v) is 13.6. The Morgan fingerprint density at radius 1 is 1.14 bits per heavy atom. The predicted molar refractivity (Wildman–Crippen MR) is 89.0 cm³/mol. The van der Waals surface area contributed by atoms with E-state index in [1.54, 1.807) is 36.4 Å². The molecule has 0 aliphatic heterocycles. The quantitative estimate of drug-likeness (QED) is 0.698. The number of amides is 1. The van der Waals surface area contributed by atoms with Gasteiger partial charge in [-0.25, -0.2) is 0 Å². The highest BCUT2D eigenvalue weighted by Gasteiger charge is 2.13. The summed E-state index contributed by atoms with van der Waals surface area (Å²) >= 11 is 9.19. The minimum Gasteiger partial charge on any atom is -0.338 e. The zero-order chi connectivity index (χ0) is 15.5. The fraction of sp³-hybridized carbons (Fsp3) is 0. The molecule has 1 N–H and O–H groups in total. The van der Waals surface area contributed by atoms with Gasteiger partial charge in [-0.3, -0.25) is 10.1 Å². The van der Waals surface area contributed by atoms with Crippen molar-refractivity contribution in [3.05, 3.63) is 69.7 Å². The van der Waals surface area contributed by atoms with E-state index in [0.717, 1.165) is 5.56 Å². The number of nitrogens with one attached hydrogen (secondary N) is 1. The summed E-state index contributed by atoms with van der Waals surface area (Å²) in [6.45, 7) is 0. The monoisotopic (exact) mass is 376 g/mol. The molecule has 1 aromatic heterocycles. The average Bonchev–Trinajstić information content (AvgIpc) is 2.97. The van der Waals surface area contributed by atoms with E-state index in [0.29, 0.717) is 20.8 Å². The molecule has 0 unspecified atom stereocenters. The smallest absolute Gasteiger partial charge is 0.259 e. The molecular formula is C16H10BrClN2O2. The third kappa shape index (κ3) is 3.21. The van der Waals surface area contributed by atoms with Crippen molar-refractivity contribution in [2.75, 3.05) is 5.32 Å². The molecule has 22 heavy (non-hydrogen) atoms. The minimum atomic E-state index is -0.272. The van der Waals surface area contributed by atoms with Crippen LogP contribution in [0.3, 0.4) is 0 Å². The van der Waals surface area contributed by atoms with Crippen LogP contribution >= 0.6 is 27.5 Å². The fourth-order valence-electron chi connectivity index (χ4n) is 1.92. The molecule has 0 radical (unpaired) electrons. The number of hydrogen-bond acceptors (Lipinski definition) is 3. The van der Waals surface area contributed by atoms with Crippen LogP contribution in [-0.2, 0) is 0 Å². The maximum absolute atomic E-state index is 12.2. The van der Waals surface area contributed by atoms with Crippen LogP contribution in [0.4, 0.5) is 5.88 Å². The topological polar surface area (TPSA) is 55.1 Å². The van der Waals surface area contributed by atoms with Crippen molar-refractivity contribution in [1.82, 2.24) is 5.16 Å². The molecule has 110 valence electrons. The molecule has 0 spiro atoms. The van der Waals surface area contributed by atoms with Gasteiger partial charge in [0.15, 0.2) is 0 Å². The lowest BCUT2D eigenvalue weighted by atomic mass is 10.1. The maximum Gasteiger partial charge on any atom is 0.259 e. The summed E-state index contributed by atoms with van der Waals surface area (Å²) in [6.07, 6.45) is 0. The van der Waals surface area contributed by atoms with Gasteiger partial charge in [-0.2, -0.15) is 0 Å². The molecule has 0 aliphatic carbocycles. The van der Waals surface area contributed by atoms with Gasteiger partial charge in [0.25, 0.3) is 5.91 Å². The van der Waals surface area contributed by atoms with Crippen molar-refractivity contribution in [3.63, 3.8) is 0 Å². The Bertz CT molecular complexity index is 815. The SMILES string of the molecule is O=C(Nc1cc(-c2ccc(Cl)cc2)no1)c1ccccc1Br. The molecule has 1 heterocycles. The van der Waals surface area contributed by atoms with Gasteiger partial charge >= 0.3 is 0 Å². The van der Waals surface area contributed by atoms with Gasteiger partial charge in [-0.05, 0) is 40.2 Å². The van der Waals surface area contributed by atoms with Gasteiger partial charge in [0, 0.05) is 21.1 Å². The summed E-state index contributed by atoms with van der Waals surface area (Å²) in [5, 5.41) is 7.27. The molecule has 1 amide bonds. The first-order valence-corrected chi connectivity index (χ1v) is 7.59. The molecule has 0 atom stereocenters. The van der Waals surface area contributed by atoms with Crippen LogP contribution in [0.2, 0.25) is 5.02 Å². The van der Waals surface area contributed by atoms with Crippen LogP contribution in [0.5, 0.6) is 0 Å². The molecule has 4 nitrogen and oxygen atoms in total. The number of aromatic nitrogens is 1. The summed E-state index contributed by atoms with van der Waals surface area (Å²) in [7, 11) is 0. The molecule has 6 heteroatoms. The number of carbonyl (C=O) groups excluding carboxylic acids is 1. The third-order valence-electron chi connectivity index (χ3n) is 3.01. The first-order valence-electron chi connectivity index (χ1n) is 6.42.